The van der Waals surface area contributed by atoms with Crippen LogP contribution in [0.15, 0.2) is 4.99 Å². The number of anilines is 1. The van der Waals surface area contributed by atoms with Crippen molar-refractivity contribution < 1.29 is 4.79 Å². The number of fused-ring (bicyclic) bond motifs is 3. The van der Waals surface area contributed by atoms with E-state index in [1.807, 2.05) is 13.2 Å². The molecule has 1 amide bonds. The summed E-state index contributed by atoms with van der Waals surface area (Å²) in [5, 5.41) is 2.57. The topological polar surface area (TPSA) is 62.5 Å². The highest BCUT2D eigenvalue weighted by Gasteiger charge is 2.18. The minimum absolute atomic E-state index is 0.181. The third-order valence-corrected chi connectivity index (χ3v) is 2.63. The monoisotopic (exact) mass is 221 g/mol. The first kappa shape index (κ1) is 8.54. The molecule has 1 aromatic rings. The van der Waals surface area contributed by atoms with Crippen LogP contribution in [0.25, 0.3) is 6.20 Å². The number of nitrogens with one attached hydrogen (secondary N) is 1. The van der Waals surface area contributed by atoms with Crippen LogP contribution in [-0.2, 0) is 11.3 Å². The number of hydrazine groups is 1. The van der Waals surface area contributed by atoms with Gasteiger partial charge in [-0.15, -0.1) is 0 Å². The van der Waals surface area contributed by atoms with E-state index >= 15 is 0 Å². The summed E-state index contributed by atoms with van der Waals surface area (Å²) in [6, 6.07) is 0. The highest BCUT2D eigenvalue weighted by Crippen LogP contribution is 2.03. The molecule has 0 bridgehead atoms. The van der Waals surface area contributed by atoms with Crippen LogP contribution in [0.5, 0.6) is 0 Å². The molecule has 2 aliphatic heterocycles. The van der Waals surface area contributed by atoms with E-state index in [1.165, 1.54) is 0 Å². The fraction of sp³-hybridized carbons (Fsp3) is 0.250. The lowest BCUT2D eigenvalue weighted by atomic mass is 10.4. The number of rotatable bonds is 0. The third-order valence-electron chi connectivity index (χ3n) is 2.32. The Bertz CT molecular complexity index is 646. The Labute approximate surface area is 89.5 Å². The van der Waals surface area contributed by atoms with Crippen molar-refractivity contribution >= 4 is 30.1 Å². The third kappa shape index (κ3) is 1.09. The van der Waals surface area contributed by atoms with Crippen molar-refractivity contribution in [1.82, 2.24) is 14.6 Å². The molecule has 0 aliphatic carbocycles. The normalized spacial score (nSPS) is 16.6. The number of amides is 1. The predicted octanol–water partition coefficient (Wildman–Crippen LogP) is -1.22. The number of hydrogen-bond acceptors (Lipinski definition) is 5. The van der Waals surface area contributed by atoms with Gasteiger partial charge in [0, 0.05) is 13.2 Å². The number of carbonyl (C=O) groups excluding carboxylic acids is 1. The molecule has 0 unspecified atom stereocenters. The zero-order valence-corrected chi connectivity index (χ0v) is 8.71. The average Bonchev–Trinajstić information content (AvgIpc) is 2.68. The van der Waals surface area contributed by atoms with Crippen molar-refractivity contribution in [1.29, 1.82) is 0 Å². The van der Waals surface area contributed by atoms with E-state index in [9.17, 15) is 4.79 Å². The molecular formula is C8H7N5OS. The molecule has 0 spiro atoms. The van der Waals surface area contributed by atoms with Crippen LogP contribution in [0.1, 0.15) is 0 Å². The Balaban J connectivity index is 2.50. The average molecular weight is 221 g/mol. The van der Waals surface area contributed by atoms with Crippen molar-refractivity contribution in [2.24, 2.45) is 4.99 Å². The van der Waals surface area contributed by atoms with Crippen LogP contribution in [0.4, 0.5) is 5.82 Å². The van der Waals surface area contributed by atoms with E-state index in [1.54, 1.807) is 9.58 Å². The quantitative estimate of drug-likeness (QED) is 0.557. The molecule has 0 atom stereocenters. The Morgan fingerprint density at radius 2 is 2.40 bits per heavy atom. The molecule has 0 saturated heterocycles. The van der Waals surface area contributed by atoms with Crippen molar-refractivity contribution in [2.75, 3.05) is 12.5 Å². The first-order chi connectivity index (χ1) is 7.15. The van der Waals surface area contributed by atoms with E-state index < -0.39 is 0 Å². The van der Waals surface area contributed by atoms with E-state index in [-0.39, 0.29) is 12.5 Å². The maximum atomic E-state index is 11.2. The second kappa shape index (κ2) is 2.63. The summed E-state index contributed by atoms with van der Waals surface area (Å²) < 4.78 is 2.03. The molecule has 7 heteroatoms. The van der Waals surface area contributed by atoms with E-state index in [0.717, 1.165) is 5.22 Å². The second-order valence-corrected chi connectivity index (χ2v) is 3.79. The Morgan fingerprint density at radius 1 is 1.60 bits per heavy atom. The van der Waals surface area contributed by atoms with Crippen molar-refractivity contribution in [3.63, 3.8) is 0 Å². The standard InChI is InChI=1S/C8H7N5OS/c1-12-2-4-6(11-12)10-8(15)13-3-5(14)9-7(4)13/h2H,3H2,1H3,(H,10,11,15). The molecule has 1 aromatic heterocycles. The predicted molar refractivity (Wildman–Crippen MR) is 54.7 cm³/mol. The van der Waals surface area contributed by atoms with Crippen LogP contribution in [-0.4, -0.2) is 27.5 Å². The molecule has 3 heterocycles. The SMILES string of the molecule is CN1C=c2c(nc(=S)n3c2=NC(=O)C3)N1. The largest absolute Gasteiger partial charge is 0.296 e. The molecular weight excluding hydrogens is 214 g/mol. The summed E-state index contributed by atoms with van der Waals surface area (Å²) in [6.45, 7) is 0.200. The molecule has 76 valence electrons. The summed E-state index contributed by atoms with van der Waals surface area (Å²) in [4.78, 5) is 19.4. The minimum atomic E-state index is -0.181. The zero-order chi connectivity index (χ0) is 10.6. The lowest BCUT2D eigenvalue weighted by Gasteiger charge is -2.08. The molecule has 3 rings (SSSR count). The fourth-order valence-electron chi connectivity index (χ4n) is 1.71. The molecule has 0 saturated carbocycles. The van der Waals surface area contributed by atoms with Gasteiger partial charge < -0.3 is 0 Å². The van der Waals surface area contributed by atoms with E-state index in [2.05, 4.69) is 15.4 Å². The van der Waals surface area contributed by atoms with Gasteiger partial charge in [-0.25, -0.2) is 4.98 Å². The van der Waals surface area contributed by atoms with Gasteiger partial charge in [0.15, 0.2) is 11.3 Å². The Morgan fingerprint density at radius 3 is 3.20 bits per heavy atom. The number of carbonyl (C=O) groups is 1. The highest BCUT2D eigenvalue weighted by molar-refractivity contribution is 7.71. The molecule has 1 N–H and O–H groups in total. The van der Waals surface area contributed by atoms with Gasteiger partial charge in [-0.05, 0) is 12.2 Å². The maximum absolute atomic E-state index is 11.2. The molecule has 0 fully saturated rings. The summed E-state index contributed by atoms with van der Waals surface area (Å²) in [5.41, 5.74) is 3.60. The number of aromatic nitrogens is 2. The maximum Gasteiger partial charge on any atom is 0.267 e. The van der Waals surface area contributed by atoms with Gasteiger partial charge in [0.2, 0.25) is 4.77 Å². The van der Waals surface area contributed by atoms with Gasteiger partial charge in [0.05, 0.1) is 5.22 Å². The van der Waals surface area contributed by atoms with Crippen molar-refractivity contribution in [3.8, 4) is 0 Å². The van der Waals surface area contributed by atoms with Crippen LogP contribution in [0.2, 0.25) is 0 Å². The zero-order valence-electron chi connectivity index (χ0n) is 7.89. The van der Waals surface area contributed by atoms with Crippen LogP contribution in [0.3, 0.4) is 0 Å². The van der Waals surface area contributed by atoms with Gasteiger partial charge >= 0.3 is 0 Å². The molecule has 6 nitrogen and oxygen atoms in total. The van der Waals surface area contributed by atoms with Gasteiger partial charge in [-0.1, -0.05) is 0 Å². The van der Waals surface area contributed by atoms with Gasteiger partial charge in [0.25, 0.3) is 5.91 Å². The van der Waals surface area contributed by atoms with Crippen molar-refractivity contribution in [2.45, 2.75) is 6.54 Å². The molecule has 0 aromatic carbocycles. The van der Waals surface area contributed by atoms with Gasteiger partial charge in [-0.3, -0.25) is 19.8 Å². The van der Waals surface area contributed by atoms with E-state index in [0.29, 0.717) is 16.1 Å². The van der Waals surface area contributed by atoms with Gasteiger partial charge in [0.1, 0.15) is 6.54 Å². The van der Waals surface area contributed by atoms with Crippen LogP contribution in [0, 0.1) is 4.77 Å². The Hall–Kier alpha value is -1.76. The smallest absolute Gasteiger partial charge is 0.267 e. The first-order valence-corrected chi connectivity index (χ1v) is 4.80. The molecule has 0 radical (unpaired) electrons. The second-order valence-electron chi connectivity index (χ2n) is 3.42. The van der Waals surface area contributed by atoms with E-state index in [4.69, 9.17) is 12.2 Å². The number of nitrogens with zero attached hydrogens (tertiary/aromatic N) is 4. The fourth-order valence-corrected chi connectivity index (χ4v) is 1.95. The lowest BCUT2D eigenvalue weighted by molar-refractivity contribution is -0.117. The summed E-state index contributed by atoms with van der Waals surface area (Å²) in [6.07, 6.45) is 1.84. The lowest BCUT2D eigenvalue weighted by Crippen LogP contribution is -2.33. The van der Waals surface area contributed by atoms with Crippen LogP contribution < -0.4 is 16.1 Å². The van der Waals surface area contributed by atoms with Gasteiger partial charge in [-0.2, -0.15) is 4.99 Å². The minimum Gasteiger partial charge on any atom is -0.296 e. The highest BCUT2D eigenvalue weighted by atomic mass is 32.1. The summed E-state index contributed by atoms with van der Waals surface area (Å²) in [5.74, 6) is 0.478. The number of hydrogen-bond donors (Lipinski definition) is 1. The molecule has 15 heavy (non-hydrogen) atoms. The van der Waals surface area contributed by atoms with Crippen LogP contribution >= 0.6 is 12.2 Å². The summed E-state index contributed by atoms with van der Waals surface area (Å²) in [7, 11) is 1.85. The molecule has 2 aliphatic rings. The van der Waals surface area contributed by atoms with Crippen molar-refractivity contribution in [3.05, 3.63) is 15.5 Å². The Kier molecular flexibility index (Phi) is 1.50. The first-order valence-electron chi connectivity index (χ1n) is 4.39. The summed E-state index contributed by atoms with van der Waals surface area (Å²) >= 11 is 5.08.